The Balaban J connectivity index is 1.78. The van der Waals surface area contributed by atoms with Crippen molar-refractivity contribution in [3.63, 3.8) is 0 Å². The molecular weight excluding hydrogens is 281 g/mol. The molecule has 2 aromatic rings. The maximum absolute atomic E-state index is 13.3. The summed E-state index contributed by atoms with van der Waals surface area (Å²) in [6, 6.07) is 6.61. The highest BCUT2D eigenvalue weighted by Crippen LogP contribution is 2.17. The van der Waals surface area contributed by atoms with E-state index in [-0.39, 0.29) is 11.4 Å². The van der Waals surface area contributed by atoms with E-state index in [9.17, 15) is 9.18 Å². The number of fused-ring (bicyclic) bond motifs is 1. The van der Waals surface area contributed by atoms with Gasteiger partial charge in [-0.25, -0.2) is 9.37 Å². The number of benzene rings is 1. The lowest BCUT2D eigenvalue weighted by Gasteiger charge is -2.27. The number of hydrogen-bond donors (Lipinski definition) is 1. The fraction of sp³-hybridized carbons (Fsp3) is 0.412. The molecule has 116 valence electrons. The highest BCUT2D eigenvalue weighted by molar-refractivity contribution is 5.22. The van der Waals surface area contributed by atoms with Crippen LogP contribution in [0.15, 0.2) is 29.1 Å². The number of rotatable bonds is 4. The molecule has 0 fully saturated rings. The normalized spacial score (nSPS) is 14.8. The Hall–Kier alpha value is -2.01. The van der Waals surface area contributed by atoms with E-state index < -0.39 is 0 Å². The van der Waals surface area contributed by atoms with Crippen LogP contribution in [0.1, 0.15) is 36.0 Å². The molecule has 0 bridgehead atoms. The third-order valence-electron chi connectivity index (χ3n) is 3.98. The first-order chi connectivity index (χ1) is 10.7. The summed E-state index contributed by atoms with van der Waals surface area (Å²) in [6.07, 6.45) is 2.54. The molecule has 0 saturated heterocycles. The second-order valence-electron chi connectivity index (χ2n) is 5.78. The van der Waals surface area contributed by atoms with Crippen LogP contribution in [0.4, 0.5) is 4.39 Å². The van der Waals surface area contributed by atoms with E-state index in [1.807, 2.05) is 6.07 Å². The lowest BCUT2D eigenvalue weighted by molar-refractivity contribution is 0.241. The molecule has 0 unspecified atom stereocenters. The summed E-state index contributed by atoms with van der Waals surface area (Å²) in [4.78, 5) is 21.8. The molecule has 1 aromatic heterocycles. The van der Waals surface area contributed by atoms with Crippen molar-refractivity contribution < 1.29 is 4.39 Å². The molecule has 1 N–H and O–H groups in total. The van der Waals surface area contributed by atoms with Crippen LogP contribution in [0.25, 0.3) is 0 Å². The van der Waals surface area contributed by atoms with Gasteiger partial charge in [0.1, 0.15) is 11.6 Å². The second-order valence-corrected chi connectivity index (χ2v) is 5.78. The maximum Gasteiger partial charge on any atom is 0.255 e. The zero-order valence-electron chi connectivity index (χ0n) is 12.7. The number of halogens is 1. The number of aromatic amines is 1. The fourth-order valence-electron chi connectivity index (χ4n) is 2.92. The van der Waals surface area contributed by atoms with Crippen molar-refractivity contribution in [1.82, 2.24) is 14.9 Å². The SMILES string of the molecule is CCCc1nc2c(c(=O)[nH]1)CN(Cc1cccc(F)c1)CC2. The number of nitrogens with one attached hydrogen (secondary N) is 1. The molecule has 4 nitrogen and oxygen atoms in total. The van der Waals surface area contributed by atoms with Crippen molar-refractivity contribution in [2.24, 2.45) is 0 Å². The summed E-state index contributed by atoms with van der Waals surface area (Å²) in [6.45, 7) is 4.12. The molecule has 0 spiro atoms. The molecule has 1 aliphatic rings. The van der Waals surface area contributed by atoms with Gasteiger partial charge in [0.15, 0.2) is 0 Å². The molecule has 0 aliphatic carbocycles. The van der Waals surface area contributed by atoms with Gasteiger partial charge in [0, 0.05) is 32.5 Å². The van der Waals surface area contributed by atoms with Crippen LogP contribution in [0.2, 0.25) is 0 Å². The summed E-state index contributed by atoms with van der Waals surface area (Å²) in [7, 11) is 0. The van der Waals surface area contributed by atoms with Gasteiger partial charge >= 0.3 is 0 Å². The van der Waals surface area contributed by atoms with Gasteiger partial charge in [0.25, 0.3) is 5.56 Å². The molecule has 1 aliphatic heterocycles. The average Bonchev–Trinajstić information content (AvgIpc) is 2.48. The fourth-order valence-corrected chi connectivity index (χ4v) is 2.92. The Morgan fingerprint density at radius 3 is 3.05 bits per heavy atom. The number of hydrogen-bond acceptors (Lipinski definition) is 3. The molecule has 0 saturated carbocycles. The van der Waals surface area contributed by atoms with Gasteiger partial charge in [-0.3, -0.25) is 9.69 Å². The Bertz CT molecular complexity index is 726. The Kier molecular flexibility index (Phi) is 4.34. The van der Waals surface area contributed by atoms with Crippen LogP contribution in [0, 0.1) is 5.82 Å². The van der Waals surface area contributed by atoms with E-state index in [1.165, 1.54) is 6.07 Å². The first-order valence-corrected chi connectivity index (χ1v) is 7.73. The predicted molar refractivity (Wildman–Crippen MR) is 83.1 cm³/mol. The predicted octanol–water partition coefficient (Wildman–Crippen LogP) is 2.42. The van der Waals surface area contributed by atoms with Crippen LogP contribution < -0.4 is 5.56 Å². The van der Waals surface area contributed by atoms with Gasteiger partial charge in [-0.1, -0.05) is 19.1 Å². The van der Waals surface area contributed by atoms with Gasteiger partial charge in [0.05, 0.1) is 11.3 Å². The van der Waals surface area contributed by atoms with E-state index >= 15 is 0 Å². The third-order valence-corrected chi connectivity index (χ3v) is 3.98. The molecule has 0 amide bonds. The number of aromatic nitrogens is 2. The number of aryl methyl sites for hydroxylation is 1. The van der Waals surface area contributed by atoms with E-state index in [4.69, 9.17) is 0 Å². The Morgan fingerprint density at radius 2 is 2.27 bits per heavy atom. The average molecular weight is 301 g/mol. The van der Waals surface area contributed by atoms with Gasteiger partial charge in [-0.2, -0.15) is 0 Å². The first kappa shape index (κ1) is 14.9. The van der Waals surface area contributed by atoms with E-state index in [0.717, 1.165) is 48.5 Å². The molecule has 1 aromatic carbocycles. The van der Waals surface area contributed by atoms with Gasteiger partial charge < -0.3 is 4.98 Å². The van der Waals surface area contributed by atoms with Gasteiger partial charge in [0.2, 0.25) is 0 Å². The van der Waals surface area contributed by atoms with Crippen molar-refractivity contribution in [2.45, 2.75) is 39.3 Å². The van der Waals surface area contributed by atoms with Crippen LogP contribution in [-0.4, -0.2) is 21.4 Å². The van der Waals surface area contributed by atoms with Crippen LogP contribution >= 0.6 is 0 Å². The monoisotopic (exact) mass is 301 g/mol. The standard InChI is InChI=1S/C17H20FN3O/c1-2-4-16-19-15-7-8-21(11-14(15)17(22)20-16)10-12-5-3-6-13(18)9-12/h3,5-6,9H,2,4,7-8,10-11H2,1H3,(H,19,20,22). The lowest BCUT2D eigenvalue weighted by Crippen LogP contribution is -2.35. The zero-order chi connectivity index (χ0) is 15.5. The molecular formula is C17H20FN3O. The van der Waals surface area contributed by atoms with Crippen molar-refractivity contribution in [2.75, 3.05) is 6.54 Å². The van der Waals surface area contributed by atoms with E-state index in [0.29, 0.717) is 13.1 Å². The Labute approximate surface area is 129 Å². The molecule has 0 radical (unpaired) electrons. The quantitative estimate of drug-likeness (QED) is 0.943. The second kappa shape index (κ2) is 6.40. The topological polar surface area (TPSA) is 49.0 Å². The Morgan fingerprint density at radius 1 is 1.41 bits per heavy atom. The minimum absolute atomic E-state index is 0.0302. The summed E-state index contributed by atoms with van der Waals surface area (Å²) < 4.78 is 13.3. The number of H-pyrrole nitrogens is 1. The highest BCUT2D eigenvalue weighted by Gasteiger charge is 2.21. The van der Waals surface area contributed by atoms with E-state index in [2.05, 4.69) is 21.8 Å². The zero-order valence-corrected chi connectivity index (χ0v) is 12.7. The van der Waals surface area contributed by atoms with Crippen LogP contribution in [0.5, 0.6) is 0 Å². The lowest BCUT2D eigenvalue weighted by atomic mass is 10.1. The summed E-state index contributed by atoms with van der Waals surface area (Å²) >= 11 is 0. The first-order valence-electron chi connectivity index (χ1n) is 7.73. The minimum atomic E-state index is -0.223. The maximum atomic E-state index is 13.3. The largest absolute Gasteiger partial charge is 0.310 e. The number of nitrogens with zero attached hydrogens (tertiary/aromatic N) is 2. The molecule has 2 heterocycles. The van der Waals surface area contributed by atoms with Crippen molar-refractivity contribution in [1.29, 1.82) is 0 Å². The van der Waals surface area contributed by atoms with Gasteiger partial charge in [-0.15, -0.1) is 0 Å². The third kappa shape index (κ3) is 3.25. The summed E-state index contributed by atoms with van der Waals surface area (Å²) in [5, 5.41) is 0. The smallest absolute Gasteiger partial charge is 0.255 e. The minimum Gasteiger partial charge on any atom is -0.310 e. The molecule has 3 rings (SSSR count). The van der Waals surface area contributed by atoms with Crippen molar-refractivity contribution >= 4 is 0 Å². The summed E-state index contributed by atoms with van der Waals surface area (Å²) in [5.74, 6) is 0.559. The summed E-state index contributed by atoms with van der Waals surface area (Å²) in [5.41, 5.74) is 2.57. The molecule has 0 atom stereocenters. The highest BCUT2D eigenvalue weighted by atomic mass is 19.1. The molecule has 22 heavy (non-hydrogen) atoms. The van der Waals surface area contributed by atoms with E-state index in [1.54, 1.807) is 12.1 Å². The van der Waals surface area contributed by atoms with Crippen molar-refractivity contribution in [3.8, 4) is 0 Å². The van der Waals surface area contributed by atoms with Gasteiger partial charge in [-0.05, 0) is 24.1 Å². The van der Waals surface area contributed by atoms with Crippen molar-refractivity contribution in [3.05, 3.63) is 63.1 Å². The molecule has 5 heteroatoms. The van der Waals surface area contributed by atoms with Crippen LogP contribution in [-0.2, 0) is 25.9 Å². The van der Waals surface area contributed by atoms with Crippen LogP contribution in [0.3, 0.4) is 0 Å².